The molecule has 0 radical (unpaired) electrons. The van der Waals surface area contributed by atoms with Crippen LogP contribution in [0.1, 0.15) is 31.2 Å². The highest BCUT2D eigenvalue weighted by Crippen LogP contribution is 2.36. The number of aromatic nitrogens is 2. The molecule has 0 saturated carbocycles. The Morgan fingerprint density at radius 1 is 1.31 bits per heavy atom. The van der Waals surface area contributed by atoms with Crippen molar-refractivity contribution in [1.82, 2.24) is 20.2 Å². The number of urea groups is 2. The second-order valence-electron chi connectivity index (χ2n) is 8.12. The molecule has 168 valence electrons. The second-order valence-corrected chi connectivity index (χ2v) is 8.12. The molecule has 1 aromatic carbocycles. The van der Waals surface area contributed by atoms with Gasteiger partial charge < -0.3 is 20.0 Å². The third kappa shape index (κ3) is 3.95. The fourth-order valence-corrected chi connectivity index (χ4v) is 3.95. The third-order valence-corrected chi connectivity index (χ3v) is 5.56. The first kappa shape index (κ1) is 21.5. The summed E-state index contributed by atoms with van der Waals surface area (Å²) in [7, 11) is 1.68. The number of benzene rings is 1. The highest BCUT2D eigenvalue weighted by Gasteiger charge is 2.30. The molecule has 1 fully saturated rings. The van der Waals surface area contributed by atoms with E-state index in [1.807, 2.05) is 20.8 Å². The monoisotopic (exact) mass is 440 g/mol. The summed E-state index contributed by atoms with van der Waals surface area (Å²) >= 11 is 0. The van der Waals surface area contributed by atoms with Gasteiger partial charge in [-0.15, -0.1) is 0 Å². The van der Waals surface area contributed by atoms with E-state index in [4.69, 9.17) is 4.42 Å². The van der Waals surface area contributed by atoms with Crippen molar-refractivity contribution in [3.8, 4) is 0 Å². The number of halogens is 1. The molecule has 0 aliphatic carbocycles. The highest BCUT2D eigenvalue weighted by molar-refractivity contribution is 5.92. The van der Waals surface area contributed by atoms with E-state index in [-0.39, 0.29) is 35.8 Å². The zero-order valence-electron chi connectivity index (χ0n) is 18.3. The van der Waals surface area contributed by atoms with Crippen LogP contribution >= 0.6 is 0 Å². The van der Waals surface area contributed by atoms with Gasteiger partial charge >= 0.3 is 12.1 Å². The molecule has 0 spiro atoms. The minimum atomic E-state index is -0.376. The van der Waals surface area contributed by atoms with Crippen molar-refractivity contribution in [3.05, 3.63) is 47.7 Å². The predicted molar refractivity (Wildman–Crippen MR) is 118 cm³/mol. The van der Waals surface area contributed by atoms with Crippen LogP contribution in [-0.2, 0) is 0 Å². The fourth-order valence-electron chi connectivity index (χ4n) is 3.95. The number of nitrogens with one attached hydrogen (secondary N) is 2. The predicted octanol–water partition coefficient (Wildman–Crippen LogP) is 4.06. The van der Waals surface area contributed by atoms with Gasteiger partial charge in [-0.25, -0.2) is 23.9 Å². The van der Waals surface area contributed by atoms with Crippen molar-refractivity contribution < 1.29 is 18.4 Å². The van der Waals surface area contributed by atoms with Gasteiger partial charge in [-0.05, 0) is 31.0 Å². The van der Waals surface area contributed by atoms with E-state index in [0.29, 0.717) is 35.5 Å². The Labute approximate surface area is 184 Å². The molecule has 4 rings (SSSR count). The van der Waals surface area contributed by atoms with Crippen LogP contribution in [0.2, 0.25) is 0 Å². The lowest BCUT2D eigenvalue weighted by Crippen LogP contribution is -2.37. The second kappa shape index (κ2) is 8.45. The topological polar surface area (TPSA) is 104 Å². The van der Waals surface area contributed by atoms with E-state index in [2.05, 4.69) is 20.6 Å². The van der Waals surface area contributed by atoms with Crippen LogP contribution in [0.3, 0.4) is 0 Å². The molecule has 2 aromatic heterocycles. The Morgan fingerprint density at radius 3 is 2.66 bits per heavy atom. The number of aryl methyl sites for hydroxylation is 1. The molecular weight excluding hydrogens is 415 g/mol. The van der Waals surface area contributed by atoms with Crippen LogP contribution in [-0.4, -0.2) is 47.1 Å². The van der Waals surface area contributed by atoms with Crippen LogP contribution in [0.4, 0.5) is 25.6 Å². The molecule has 1 saturated heterocycles. The molecule has 3 aromatic rings. The summed E-state index contributed by atoms with van der Waals surface area (Å²) in [4.78, 5) is 36.1. The first-order chi connectivity index (χ1) is 15.3. The van der Waals surface area contributed by atoms with Crippen LogP contribution in [0.15, 0.2) is 35.0 Å². The van der Waals surface area contributed by atoms with Gasteiger partial charge in [-0.2, -0.15) is 0 Å². The number of anilines is 2. The number of carbonyl (C=O) groups is 2. The molecule has 0 unspecified atom stereocenters. The van der Waals surface area contributed by atoms with E-state index >= 15 is 0 Å². The summed E-state index contributed by atoms with van der Waals surface area (Å²) in [5.41, 5.74) is 1.78. The highest BCUT2D eigenvalue weighted by atomic mass is 19.1. The van der Waals surface area contributed by atoms with Gasteiger partial charge in [0.05, 0.1) is 24.1 Å². The molecule has 0 bridgehead atoms. The summed E-state index contributed by atoms with van der Waals surface area (Å²) in [6.45, 7) is 6.87. The zero-order chi connectivity index (χ0) is 23.0. The normalized spacial score (nSPS) is 14.7. The molecule has 10 heteroatoms. The van der Waals surface area contributed by atoms with E-state index in [1.165, 1.54) is 29.4 Å². The van der Waals surface area contributed by atoms with Crippen LogP contribution in [0.5, 0.6) is 0 Å². The van der Waals surface area contributed by atoms with Gasteiger partial charge in [-0.3, -0.25) is 4.90 Å². The smallest absolute Gasteiger partial charge is 0.324 e. The summed E-state index contributed by atoms with van der Waals surface area (Å²) in [5.74, 6) is 0.582. The van der Waals surface area contributed by atoms with Gasteiger partial charge in [0.25, 0.3) is 0 Å². The lowest BCUT2D eigenvalue weighted by molar-refractivity contribution is 0.174. The first-order valence-corrected chi connectivity index (χ1v) is 10.4. The number of carbonyl (C=O) groups excluding carboxylic acids is 2. The molecule has 1 atom stereocenters. The molecular formula is C22H25FN6O3. The van der Waals surface area contributed by atoms with Crippen LogP contribution in [0.25, 0.3) is 11.0 Å². The minimum absolute atomic E-state index is 0.0298. The van der Waals surface area contributed by atoms with Crippen LogP contribution < -0.4 is 15.5 Å². The standard InChI is InChI=1S/C22H25FN6O3/c1-12(2)18(19-13(3)16-9-14(23)5-6-17(16)32-19)28(4)22(31)27-15-10-25-20(26-11-15)29-8-7-24-21(29)30/h5-6,9-12,18H,7-8H2,1-4H3,(H,24,30)(H,27,31)/t18-/m0/s1. The van der Waals surface area contributed by atoms with Gasteiger partial charge in [0.1, 0.15) is 17.2 Å². The van der Waals surface area contributed by atoms with Gasteiger partial charge in [-0.1, -0.05) is 13.8 Å². The molecule has 32 heavy (non-hydrogen) atoms. The zero-order valence-corrected chi connectivity index (χ0v) is 18.3. The lowest BCUT2D eigenvalue weighted by atomic mass is 9.97. The summed E-state index contributed by atoms with van der Waals surface area (Å²) in [6, 6.07) is 3.39. The Bertz CT molecular complexity index is 1160. The molecule has 1 aliphatic heterocycles. The van der Waals surface area contributed by atoms with E-state index in [9.17, 15) is 14.0 Å². The number of fused-ring (bicyclic) bond motifs is 1. The maximum Gasteiger partial charge on any atom is 0.324 e. The summed E-state index contributed by atoms with van der Waals surface area (Å²) < 4.78 is 19.7. The maximum absolute atomic E-state index is 13.7. The Balaban J connectivity index is 1.54. The molecule has 9 nitrogen and oxygen atoms in total. The summed E-state index contributed by atoms with van der Waals surface area (Å²) in [5, 5.41) is 6.16. The number of hydrogen-bond acceptors (Lipinski definition) is 5. The number of rotatable bonds is 5. The van der Waals surface area contributed by atoms with Crippen molar-refractivity contribution in [2.24, 2.45) is 5.92 Å². The average molecular weight is 440 g/mol. The fraction of sp³-hybridized carbons (Fsp3) is 0.364. The third-order valence-electron chi connectivity index (χ3n) is 5.56. The van der Waals surface area contributed by atoms with Gasteiger partial charge in [0.2, 0.25) is 5.95 Å². The average Bonchev–Trinajstić information content (AvgIpc) is 3.32. The first-order valence-electron chi connectivity index (χ1n) is 10.4. The Kier molecular flexibility index (Phi) is 5.68. The minimum Gasteiger partial charge on any atom is -0.459 e. The Morgan fingerprint density at radius 2 is 2.03 bits per heavy atom. The number of nitrogens with zero attached hydrogens (tertiary/aromatic N) is 4. The number of amides is 4. The largest absolute Gasteiger partial charge is 0.459 e. The van der Waals surface area contributed by atoms with Crippen molar-refractivity contribution >= 4 is 34.7 Å². The van der Waals surface area contributed by atoms with E-state index < -0.39 is 0 Å². The molecule has 1 aliphatic rings. The van der Waals surface area contributed by atoms with Gasteiger partial charge in [0.15, 0.2) is 0 Å². The molecule has 4 amide bonds. The van der Waals surface area contributed by atoms with E-state index in [1.54, 1.807) is 18.0 Å². The van der Waals surface area contributed by atoms with Crippen molar-refractivity contribution in [3.63, 3.8) is 0 Å². The van der Waals surface area contributed by atoms with E-state index in [0.717, 1.165) is 5.56 Å². The Hall–Kier alpha value is -3.69. The van der Waals surface area contributed by atoms with Crippen molar-refractivity contribution in [2.75, 3.05) is 30.4 Å². The van der Waals surface area contributed by atoms with Crippen LogP contribution in [0, 0.1) is 18.7 Å². The SMILES string of the molecule is Cc1c([C@H](C(C)C)N(C)C(=O)Nc2cnc(N3CCNC3=O)nc2)oc2ccc(F)cc12. The number of furan rings is 1. The number of hydrogen-bond donors (Lipinski definition) is 2. The molecule has 3 heterocycles. The summed E-state index contributed by atoms with van der Waals surface area (Å²) in [6.07, 6.45) is 2.92. The maximum atomic E-state index is 13.7. The quantitative estimate of drug-likeness (QED) is 0.623. The van der Waals surface area contributed by atoms with Crippen molar-refractivity contribution in [2.45, 2.75) is 26.8 Å². The van der Waals surface area contributed by atoms with Gasteiger partial charge in [0, 0.05) is 31.1 Å². The lowest BCUT2D eigenvalue weighted by Gasteiger charge is -2.30. The molecule has 2 N–H and O–H groups in total. The van der Waals surface area contributed by atoms with Crippen molar-refractivity contribution in [1.29, 1.82) is 0 Å².